The maximum Gasteiger partial charge on any atom is 0.225 e. The van der Waals surface area contributed by atoms with Crippen molar-refractivity contribution in [2.24, 2.45) is 5.92 Å². The molecule has 2 rings (SSSR count). The van der Waals surface area contributed by atoms with Gasteiger partial charge >= 0.3 is 0 Å². The van der Waals surface area contributed by atoms with E-state index in [0.29, 0.717) is 26.0 Å². The highest BCUT2D eigenvalue weighted by Gasteiger charge is 2.39. The zero-order chi connectivity index (χ0) is 15.2. The molecule has 6 heteroatoms. The van der Waals surface area contributed by atoms with Gasteiger partial charge in [0.1, 0.15) is 0 Å². The van der Waals surface area contributed by atoms with Crippen LogP contribution in [0.5, 0.6) is 0 Å². The highest BCUT2D eigenvalue weighted by molar-refractivity contribution is 7.10. The summed E-state index contributed by atoms with van der Waals surface area (Å²) in [5.41, 5.74) is 0. The number of thiophene rings is 1. The predicted molar refractivity (Wildman–Crippen MR) is 82.1 cm³/mol. The molecule has 0 saturated carbocycles. The Balaban J connectivity index is 2.05. The van der Waals surface area contributed by atoms with Crippen LogP contribution >= 0.6 is 11.3 Å². The molecule has 0 spiro atoms. The number of nitrogens with one attached hydrogen (secondary N) is 1. The molecule has 0 unspecified atom stereocenters. The number of amides is 2. The van der Waals surface area contributed by atoms with Crippen molar-refractivity contribution in [3.8, 4) is 0 Å². The molecular formula is C15H22N2O3S. The number of carbonyl (C=O) groups is 2. The summed E-state index contributed by atoms with van der Waals surface area (Å²) < 4.78 is 4.98. The maximum atomic E-state index is 12.4. The Morgan fingerprint density at radius 3 is 3.05 bits per heavy atom. The molecule has 2 heterocycles. The Kier molecular flexibility index (Phi) is 5.76. The topological polar surface area (TPSA) is 58.6 Å². The van der Waals surface area contributed by atoms with Crippen molar-refractivity contribution in [2.75, 3.05) is 27.3 Å². The summed E-state index contributed by atoms with van der Waals surface area (Å²) in [4.78, 5) is 27.2. The number of piperidine rings is 1. The first-order valence-corrected chi connectivity index (χ1v) is 8.09. The van der Waals surface area contributed by atoms with Crippen LogP contribution in [0.25, 0.3) is 0 Å². The van der Waals surface area contributed by atoms with E-state index in [1.54, 1.807) is 30.4 Å². The molecule has 0 aromatic carbocycles. The number of hydrogen-bond acceptors (Lipinski definition) is 4. The highest BCUT2D eigenvalue weighted by Crippen LogP contribution is 2.37. The molecular weight excluding hydrogens is 288 g/mol. The molecule has 2 amide bonds. The van der Waals surface area contributed by atoms with Crippen LogP contribution in [0.1, 0.15) is 30.2 Å². The monoisotopic (exact) mass is 310 g/mol. The number of hydrogen-bond donors (Lipinski definition) is 1. The van der Waals surface area contributed by atoms with Crippen LogP contribution in [0, 0.1) is 5.92 Å². The van der Waals surface area contributed by atoms with Crippen molar-refractivity contribution in [3.05, 3.63) is 22.4 Å². The third-order valence-electron chi connectivity index (χ3n) is 3.86. The number of carbonyl (C=O) groups excluding carboxylic acids is 2. The van der Waals surface area contributed by atoms with E-state index < -0.39 is 0 Å². The fraction of sp³-hybridized carbons (Fsp3) is 0.600. The van der Waals surface area contributed by atoms with Crippen LogP contribution in [0.2, 0.25) is 0 Å². The van der Waals surface area contributed by atoms with Crippen molar-refractivity contribution in [1.82, 2.24) is 10.2 Å². The summed E-state index contributed by atoms with van der Waals surface area (Å²) in [6.07, 6.45) is 1.85. The smallest absolute Gasteiger partial charge is 0.225 e. The van der Waals surface area contributed by atoms with Gasteiger partial charge in [-0.25, -0.2) is 0 Å². The van der Waals surface area contributed by atoms with E-state index in [1.807, 2.05) is 17.5 Å². The second kappa shape index (κ2) is 7.56. The third kappa shape index (κ3) is 3.83. The van der Waals surface area contributed by atoms with Crippen LogP contribution in [-0.4, -0.2) is 44.0 Å². The second-order valence-electron chi connectivity index (χ2n) is 5.25. The minimum atomic E-state index is -0.172. The normalized spacial score (nSPS) is 22.4. The number of ether oxygens (including phenoxy) is 1. The van der Waals surface area contributed by atoms with Crippen LogP contribution < -0.4 is 5.32 Å². The first kappa shape index (κ1) is 16.0. The molecule has 1 N–H and O–H groups in total. The molecule has 1 aliphatic rings. The number of nitrogens with zero attached hydrogens (tertiary/aromatic N) is 1. The number of methoxy groups -OCH3 is 1. The molecule has 0 aliphatic carbocycles. The Morgan fingerprint density at radius 1 is 1.57 bits per heavy atom. The van der Waals surface area contributed by atoms with E-state index in [2.05, 4.69) is 5.32 Å². The highest BCUT2D eigenvalue weighted by atomic mass is 32.1. The Labute approximate surface area is 129 Å². The molecule has 5 nitrogen and oxygen atoms in total. The number of rotatable bonds is 6. The van der Waals surface area contributed by atoms with Crippen LogP contribution in [-0.2, 0) is 14.3 Å². The molecule has 0 radical (unpaired) electrons. The molecule has 2 atom stereocenters. The molecule has 21 heavy (non-hydrogen) atoms. The fourth-order valence-corrected chi connectivity index (χ4v) is 3.65. The van der Waals surface area contributed by atoms with Crippen LogP contribution in [0.3, 0.4) is 0 Å². The first-order valence-electron chi connectivity index (χ1n) is 7.21. The van der Waals surface area contributed by atoms with E-state index in [1.165, 1.54) is 0 Å². The summed E-state index contributed by atoms with van der Waals surface area (Å²) in [6, 6.07) is 3.81. The van der Waals surface area contributed by atoms with Crippen molar-refractivity contribution in [2.45, 2.75) is 25.3 Å². The van der Waals surface area contributed by atoms with Gasteiger partial charge in [0, 0.05) is 38.6 Å². The maximum absolute atomic E-state index is 12.4. The van der Waals surface area contributed by atoms with Gasteiger partial charge in [-0.15, -0.1) is 11.3 Å². The molecule has 116 valence electrons. The van der Waals surface area contributed by atoms with E-state index in [4.69, 9.17) is 4.74 Å². The van der Waals surface area contributed by atoms with E-state index in [-0.39, 0.29) is 23.8 Å². The predicted octanol–water partition coefficient (Wildman–Crippen LogP) is 1.81. The van der Waals surface area contributed by atoms with Crippen LogP contribution in [0.4, 0.5) is 0 Å². The zero-order valence-corrected chi connectivity index (χ0v) is 13.3. The van der Waals surface area contributed by atoms with Gasteiger partial charge in [0.15, 0.2) is 0 Å². The van der Waals surface area contributed by atoms with Gasteiger partial charge in [-0.1, -0.05) is 6.07 Å². The Hall–Kier alpha value is -1.40. The minimum Gasteiger partial charge on any atom is -0.385 e. The van der Waals surface area contributed by atoms with Crippen LogP contribution in [0.15, 0.2) is 17.5 Å². The van der Waals surface area contributed by atoms with Gasteiger partial charge in [0.05, 0.1) is 12.0 Å². The number of likely N-dealkylation sites (tertiary alicyclic amines) is 1. The lowest BCUT2D eigenvalue weighted by atomic mass is 9.87. The molecule has 1 aromatic rings. The summed E-state index contributed by atoms with van der Waals surface area (Å²) >= 11 is 1.59. The average Bonchev–Trinajstić information content (AvgIpc) is 3.00. The second-order valence-corrected chi connectivity index (χ2v) is 6.23. The Morgan fingerprint density at radius 2 is 2.38 bits per heavy atom. The molecule has 1 aromatic heterocycles. The van der Waals surface area contributed by atoms with Crippen molar-refractivity contribution < 1.29 is 14.3 Å². The Bertz CT molecular complexity index is 475. The van der Waals surface area contributed by atoms with Gasteiger partial charge < -0.3 is 15.0 Å². The average molecular weight is 310 g/mol. The SMILES string of the molecule is COCCCNC(=O)[C@@H]1CCC(=O)N(C)[C@@H]1c1cccs1. The standard InChI is InChI=1S/C15H22N2O3S/c1-17-13(18)7-6-11(14(17)12-5-3-10-21-12)15(19)16-8-4-9-20-2/h3,5,10-11,14H,4,6-9H2,1-2H3,(H,16,19)/t11-,14+/m1/s1. The summed E-state index contributed by atoms with van der Waals surface area (Å²) in [5, 5.41) is 4.94. The van der Waals surface area contributed by atoms with E-state index in [9.17, 15) is 9.59 Å². The quantitative estimate of drug-likeness (QED) is 0.815. The van der Waals surface area contributed by atoms with Gasteiger partial charge in [0.2, 0.25) is 11.8 Å². The summed E-state index contributed by atoms with van der Waals surface area (Å²) in [6.45, 7) is 1.25. The summed E-state index contributed by atoms with van der Waals surface area (Å²) in [5.74, 6) is -0.0328. The lowest BCUT2D eigenvalue weighted by Crippen LogP contribution is -2.46. The van der Waals surface area contributed by atoms with E-state index >= 15 is 0 Å². The van der Waals surface area contributed by atoms with Gasteiger partial charge in [-0.2, -0.15) is 0 Å². The van der Waals surface area contributed by atoms with Gasteiger partial charge in [-0.3, -0.25) is 9.59 Å². The lowest BCUT2D eigenvalue weighted by molar-refractivity contribution is -0.141. The van der Waals surface area contributed by atoms with Crippen molar-refractivity contribution in [1.29, 1.82) is 0 Å². The summed E-state index contributed by atoms with van der Waals surface area (Å²) in [7, 11) is 3.44. The largest absolute Gasteiger partial charge is 0.385 e. The molecule has 1 saturated heterocycles. The van der Waals surface area contributed by atoms with Crippen molar-refractivity contribution in [3.63, 3.8) is 0 Å². The lowest BCUT2D eigenvalue weighted by Gasteiger charge is -2.37. The van der Waals surface area contributed by atoms with Gasteiger partial charge in [-0.05, 0) is 24.3 Å². The van der Waals surface area contributed by atoms with Crippen molar-refractivity contribution >= 4 is 23.2 Å². The first-order chi connectivity index (χ1) is 10.1. The fourth-order valence-electron chi connectivity index (χ4n) is 2.72. The molecule has 1 aliphatic heterocycles. The molecule has 1 fully saturated rings. The molecule has 0 bridgehead atoms. The minimum absolute atomic E-state index is 0.0313. The zero-order valence-electron chi connectivity index (χ0n) is 12.5. The van der Waals surface area contributed by atoms with E-state index in [0.717, 1.165) is 11.3 Å². The van der Waals surface area contributed by atoms with Gasteiger partial charge in [0.25, 0.3) is 0 Å². The third-order valence-corrected chi connectivity index (χ3v) is 4.80.